The van der Waals surface area contributed by atoms with Crippen LogP contribution in [-0.2, 0) is 6.42 Å². The number of benzene rings is 2. The number of fused-ring (bicyclic) bond motifs is 3. The fourth-order valence-electron chi connectivity index (χ4n) is 8.23. The molecule has 2 aromatic carbocycles. The summed E-state index contributed by atoms with van der Waals surface area (Å²) < 4.78 is 38.1. The van der Waals surface area contributed by atoms with E-state index in [9.17, 15) is 9.50 Å². The summed E-state index contributed by atoms with van der Waals surface area (Å²) in [5.41, 5.74) is 1.27. The van der Waals surface area contributed by atoms with Crippen molar-refractivity contribution in [1.29, 1.82) is 0 Å². The van der Waals surface area contributed by atoms with Crippen LogP contribution < -0.4 is 15.0 Å². The third-order valence-corrected chi connectivity index (χ3v) is 10.8. The number of aromatic hydroxyl groups is 1. The highest BCUT2D eigenvalue weighted by atomic mass is 19.1. The predicted octanol–water partition coefficient (Wildman–Crippen LogP) is 5.59. The van der Waals surface area contributed by atoms with Gasteiger partial charge in [0.1, 0.15) is 35.2 Å². The van der Waals surface area contributed by atoms with Gasteiger partial charge in [-0.25, -0.2) is 8.78 Å². The SMILES string of the molecule is CCc1c(F)ccc2cc(O)cc(-c3ncc4c(N5CCC6(CC5)CNC6)nc(OCC56CCCN5CCC6)nc4c3F)c12. The number of phenolic OH excluding ortho intramolecular Hbond substituents is 1. The van der Waals surface area contributed by atoms with E-state index in [1.807, 2.05) is 6.92 Å². The minimum Gasteiger partial charge on any atom is -0.508 e. The van der Waals surface area contributed by atoms with Crippen LogP contribution in [0, 0.1) is 17.0 Å². The number of aromatic nitrogens is 3. The number of halogens is 2. The van der Waals surface area contributed by atoms with Gasteiger partial charge in [-0.3, -0.25) is 9.88 Å². The number of hydrogen-bond acceptors (Lipinski definition) is 8. The van der Waals surface area contributed by atoms with Gasteiger partial charge in [0.2, 0.25) is 0 Å². The third kappa shape index (κ3) is 4.40. The zero-order valence-corrected chi connectivity index (χ0v) is 25.1. The smallest absolute Gasteiger partial charge is 0.319 e. The van der Waals surface area contributed by atoms with Crippen molar-refractivity contribution in [3.63, 3.8) is 0 Å². The summed E-state index contributed by atoms with van der Waals surface area (Å²) in [5, 5.41) is 15.7. The maximum Gasteiger partial charge on any atom is 0.319 e. The van der Waals surface area contributed by atoms with Crippen LogP contribution >= 0.6 is 0 Å². The van der Waals surface area contributed by atoms with Crippen molar-refractivity contribution in [2.45, 2.75) is 57.4 Å². The molecule has 0 bridgehead atoms. The van der Waals surface area contributed by atoms with Crippen LogP contribution in [0.3, 0.4) is 0 Å². The van der Waals surface area contributed by atoms with E-state index in [0.717, 1.165) is 77.8 Å². The van der Waals surface area contributed by atoms with Crippen LogP contribution in [0.5, 0.6) is 11.8 Å². The summed E-state index contributed by atoms with van der Waals surface area (Å²) in [5.74, 6) is -0.407. The lowest BCUT2D eigenvalue weighted by Crippen LogP contribution is -2.58. The van der Waals surface area contributed by atoms with Gasteiger partial charge in [0, 0.05) is 37.9 Å². The third-order valence-electron chi connectivity index (χ3n) is 10.8. The van der Waals surface area contributed by atoms with Crippen molar-refractivity contribution in [3.05, 3.63) is 47.7 Å². The first kappa shape index (κ1) is 27.9. The van der Waals surface area contributed by atoms with Crippen LogP contribution in [0.15, 0.2) is 30.5 Å². The molecule has 44 heavy (non-hydrogen) atoms. The van der Waals surface area contributed by atoms with Crippen molar-refractivity contribution in [1.82, 2.24) is 25.2 Å². The first-order valence-corrected chi connectivity index (χ1v) is 16.0. The lowest BCUT2D eigenvalue weighted by molar-refractivity contribution is 0.107. The van der Waals surface area contributed by atoms with E-state index in [1.54, 1.807) is 18.3 Å². The summed E-state index contributed by atoms with van der Waals surface area (Å²) in [6.45, 7) is 8.20. The zero-order valence-electron chi connectivity index (χ0n) is 25.1. The molecule has 4 fully saturated rings. The molecule has 0 atom stereocenters. The van der Waals surface area contributed by atoms with Crippen molar-refractivity contribution in [2.24, 2.45) is 5.41 Å². The quantitative estimate of drug-likeness (QED) is 0.296. The van der Waals surface area contributed by atoms with Crippen molar-refractivity contribution in [2.75, 3.05) is 50.8 Å². The maximum atomic E-state index is 16.8. The largest absolute Gasteiger partial charge is 0.508 e. The number of pyridine rings is 1. The Morgan fingerprint density at radius 2 is 1.77 bits per heavy atom. The van der Waals surface area contributed by atoms with E-state index in [2.05, 4.69) is 25.1 Å². The van der Waals surface area contributed by atoms with E-state index in [1.165, 1.54) is 12.1 Å². The Kier molecular flexibility index (Phi) is 6.64. The number of rotatable bonds is 6. The Balaban J connectivity index is 1.25. The van der Waals surface area contributed by atoms with E-state index >= 15 is 4.39 Å². The fraction of sp³-hybridized carbons (Fsp3) is 0.500. The van der Waals surface area contributed by atoms with Crippen molar-refractivity contribution in [3.8, 4) is 23.0 Å². The first-order valence-electron chi connectivity index (χ1n) is 16.0. The molecule has 0 radical (unpaired) electrons. The second-order valence-electron chi connectivity index (χ2n) is 13.3. The van der Waals surface area contributed by atoms with E-state index in [4.69, 9.17) is 9.72 Å². The Hall–Kier alpha value is -3.63. The molecule has 10 heteroatoms. The van der Waals surface area contributed by atoms with Crippen LogP contribution in [0.1, 0.15) is 51.0 Å². The molecule has 8 rings (SSSR count). The molecule has 6 heterocycles. The Morgan fingerprint density at radius 1 is 1.00 bits per heavy atom. The predicted molar refractivity (Wildman–Crippen MR) is 166 cm³/mol. The van der Waals surface area contributed by atoms with Crippen LogP contribution in [0.2, 0.25) is 0 Å². The Bertz CT molecular complexity index is 1760. The van der Waals surface area contributed by atoms with Crippen LogP contribution in [0.4, 0.5) is 14.6 Å². The number of nitrogens with one attached hydrogen (secondary N) is 1. The number of hydrogen-bond donors (Lipinski definition) is 2. The van der Waals surface area contributed by atoms with Crippen LogP contribution in [0.25, 0.3) is 32.9 Å². The maximum absolute atomic E-state index is 16.8. The van der Waals surface area contributed by atoms with E-state index in [0.29, 0.717) is 51.5 Å². The summed E-state index contributed by atoms with van der Waals surface area (Å²) >= 11 is 0. The molecular formula is C34H38F2N6O2. The van der Waals surface area contributed by atoms with Gasteiger partial charge in [0.05, 0.1) is 10.9 Å². The van der Waals surface area contributed by atoms with E-state index in [-0.39, 0.29) is 34.3 Å². The highest BCUT2D eigenvalue weighted by Crippen LogP contribution is 2.42. The topological polar surface area (TPSA) is 86.6 Å². The van der Waals surface area contributed by atoms with Gasteiger partial charge in [-0.1, -0.05) is 13.0 Å². The molecule has 0 saturated carbocycles. The minimum atomic E-state index is -0.632. The molecular weight excluding hydrogens is 562 g/mol. The fourth-order valence-corrected chi connectivity index (χ4v) is 8.23. The zero-order chi connectivity index (χ0) is 30.1. The average molecular weight is 601 g/mol. The lowest BCUT2D eigenvalue weighted by Gasteiger charge is -2.48. The molecule has 2 N–H and O–H groups in total. The molecule has 230 valence electrons. The summed E-state index contributed by atoms with van der Waals surface area (Å²) in [6, 6.07) is 6.19. The standard InChI is InChI=1S/C34H38F2N6O2/c1-2-23-26(35)6-5-21-15-22(43)16-24(27(21)23)29-28(36)30-25(17-38-29)31(41-13-9-33(10-14-41)18-37-19-33)40-32(39-30)44-20-34-7-3-11-42(34)12-4-8-34/h5-6,15-17,37,43H,2-4,7-14,18-20H2,1H3. The Morgan fingerprint density at radius 3 is 2.48 bits per heavy atom. The number of aryl methyl sites for hydroxylation is 1. The highest BCUT2D eigenvalue weighted by molar-refractivity contribution is 6.01. The van der Waals surface area contributed by atoms with Crippen molar-refractivity contribution < 1.29 is 18.6 Å². The molecule has 4 aliphatic heterocycles. The van der Waals surface area contributed by atoms with Gasteiger partial charge in [0.15, 0.2) is 5.82 Å². The van der Waals surface area contributed by atoms with Gasteiger partial charge in [-0.2, -0.15) is 9.97 Å². The molecule has 4 saturated heterocycles. The number of anilines is 1. The number of piperidine rings is 1. The summed E-state index contributed by atoms with van der Waals surface area (Å²) in [6.07, 6.45) is 8.57. The van der Waals surface area contributed by atoms with E-state index < -0.39 is 5.82 Å². The summed E-state index contributed by atoms with van der Waals surface area (Å²) in [4.78, 5) is 18.9. The van der Waals surface area contributed by atoms with Gasteiger partial charge >= 0.3 is 6.01 Å². The average Bonchev–Trinajstić information content (AvgIpc) is 3.60. The molecule has 2 aromatic heterocycles. The van der Waals surface area contributed by atoms with Crippen molar-refractivity contribution >= 4 is 27.5 Å². The first-order chi connectivity index (χ1) is 21.4. The molecule has 0 amide bonds. The molecule has 0 aliphatic carbocycles. The second kappa shape index (κ2) is 10.5. The van der Waals surface area contributed by atoms with Gasteiger partial charge < -0.3 is 20.1 Å². The van der Waals surface area contributed by atoms with Crippen LogP contribution in [-0.4, -0.2) is 76.4 Å². The number of nitrogens with zero attached hydrogens (tertiary/aromatic N) is 5. The molecule has 1 spiro atoms. The highest BCUT2D eigenvalue weighted by Gasteiger charge is 2.45. The lowest BCUT2D eigenvalue weighted by atomic mass is 9.73. The normalized spacial score (nSPS) is 20.8. The number of phenols is 1. The molecule has 4 aliphatic rings. The summed E-state index contributed by atoms with van der Waals surface area (Å²) in [7, 11) is 0. The molecule has 0 unspecified atom stereocenters. The molecule has 8 nitrogen and oxygen atoms in total. The number of ether oxygens (including phenoxy) is 1. The minimum absolute atomic E-state index is 0.00371. The van der Waals surface area contributed by atoms with Gasteiger partial charge in [-0.15, -0.1) is 0 Å². The Labute approximate surface area is 255 Å². The van der Waals surface area contributed by atoms with Gasteiger partial charge in [-0.05, 0) is 98.0 Å². The monoisotopic (exact) mass is 600 g/mol. The van der Waals surface area contributed by atoms with Gasteiger partial charge in [0.25, 0.3) is 0 Å². The molecule has 4 aromatic rings. The second-order valence-corrected chi connectivity index (χ2v) is 13.3.